The van der Waals surface area contributed by atoms with E-state index in [9.17, 15) is 9.59 Å². The van der Waals surface area contributed by atoms with Gasteiger partial charge >= 0.3 is 0 Å². The first kappa shape index (κ1) is 18.7. The lowest BCUT2D eigenvalue weighted by atomic mass is 10.1. The van der Waals surface area contributed by atoms with Crippen LogP contribution in [0.25, 0.3) is 21.8 Å². The molecule has 6 nitrogen and oxygen atoms in total. The van der Waals surface area contributed by atoms with Gasteiger partial charge in [0.25, 0.3) is 0 Å². The van der Waals surface area contributed by atoms with Crippen LogP contribution in [0.4, 0.5) is 0 Å². The second-order valence-corrected chi connectivity index (χ2v) is 7.24. The van der Waals surface area contributed by atoms with E-state index in [0.29, 0.717) is 17.3 Å². The highest BCUT2D eigenvalue weighted by Crippen LogP contribution is 2.18. The van der Waals surface area contributed by atoms with Crippen molar-refractivity contribution < 1.29 is 4.79 Å². The van der Waals surface area contributed by atoms with Gasteiger partial charge in [0.05, 0.1) is 11.0 Å². The van der Waals surface area contributed by atoms with Gasteiger partial charge in [0.1, 0.15) is 6.54 Å². The Kier molecular flexibility index (Phi) is 5.69. The number of carbonyl (C=O) groups excluding carboxylic acids is 1. The maximum Gasteiger partial charge on any atom is 0.239 e. The lowest BCUT2D eigenvalue weighted by Gasteiger charge is -2.27. The zero-order valence-electron chi connectivity index (χ0n) is 16.0. The molecule has 0 saturated carbocycles. The first-order chi connectivity index (χ1) is 13.7. The van der Waals surface area contributed by atoms with Gasteiger partial charge in [-0.3, -0.25) is 9.59 Å². The average molecular weight is 378 g/mol. The van der Waals surface area contributed by atoms with Crippen molar-refractivity contribution in [1.29, 1.82) is 0 Å². The number of nitrogens with one attached hydrogen (secondary N) is 2. The van der Waals surface area contributed by atoms with Crippen molar-refractivity contribution >= 4 is 27.7 Å². The van der Waals surface area contributed by atoms with E-state index in [2.05, 4.69) is 15.5 Å². The second-order valence-electron chi connectivity index (χ2n) is 7.24. The summed E-state index contributed by atoms with van der Waals surface area (Å²) in [6.07, 6.45) is 0.942. The highest BCUT2D eigenvalue weighted by Gasteiger charge is 2.13. The molecule has 0 aliphatic carbocycles. The minimum Gasteiger partial charge on any atom is -0.355 e. The Morgan fingerprint density at radius 3 is 2.21 bits per heavy atom. The number of rotatable bonds is 6. The molecule has 0 spiro atoms. The van der Waals surface area contributed by atoms with Crippen molar-refractivity contribution in [1.82, 2.24) is 20.1 Å². The average Bonchev–Trinajstić information content (AvgIpc) is 2.75. The Morgan fingerprint density at radius 1 is 0.964 bits per heavy atom. The molecule has 1 aliphatic rings. The van der Waals surface area contributed by atoms with Gasteiger partial charge < -0.3 is 20.1 Å². The van der Waals surface area contributed by atoms with Crippen molar-refractivity contribution in [2.45, 2.75) is 13.0 Å². The van der Waals surface area contributed by atoms with Gasteiger partial charge in [-0.2, -0.15) is 0 Å². The normalized spacial score (nSPS) is 15.1. The van der Waals surface area contributed by atoms with Gasteiger partial charge in [0.15, 0.2) is 5.43 Å². The summed E-state index contributed by atoms with van der Waals surface area (Å²) in [4.78, 5) is 27.8. The van der Waals surface area contributed by atoms with E-state index in [-0.39, 0.29) is 17.9 Å². The number of nitrogens with zero attached hydrogens (tertiary/aromatic N) is 2. The quantitative estimate of drug-likeness (QED) is 0.505. The van der Waals surface area contributed by atoms with Crippen LogP contribution < -0.4 is 16.1 Å². The molecule has 0 bridgehead atoms. The Hall–Kier alpha value is -2.70. The van der Waals surface area contributed by atoms with Gasteiger partial charge in [0, 0.05) is 43.5 Å². The summed E-state index contributed by atoms with van der Waals surface area (Å²) in [6.45, 7) is 6.10. The highest BCUT2D eigenvalue weighted by atomic mass is 16.2. The van der Waals surface area contributed by atoms with Crippen molar-refractivity contribution in [3.05, 3.63) is 58.8 Å². The van der Waals surface area contributed by atoms with Crippen molar-refractivity contribution in [3.63, 3.8) is 0 Å². The minimum atomic E-state index is -0.0285. The molecule has 1 aromatic heterocycles. The Morgan fingerprint density at radius 2 is 1.57 bits per heavy atom. The second kappa shape index (κ2) is 8.54. The van der Waals surface area contributed by atoms with E-state index in [1.54, 1.807) is 0 Å². The third-order valence-corrected chi connectivity index (χ3v) is 5.36. The lowest BCUT2D eigenvalue weighted by Crippen LogP contribution is -2.44. The van der Waals surface area contributed by atoms with Crippen molar-refractivity contribution in [3.8, 4) is 0 Å². The zero-order chi connectivity index (χ0) is 19.3. The largest absolute Gasteiger partial charge is 0.355 e. The summed E-state index contributed by atoms with van der Waals surface area (Å²) in [5.74, 6) is -0.0285. The topological polar surface area (TPSA) is 66.4 Å². The summed E-state index contributed by atoms with van der Waals surface area (Å²) in [6, 6.07) is 15.0. The molecule has 1 fully saturated rings. The fourth-order valence-corrected chi connectivity index (χ4v) is 3.91. The van der Waals surface area contributed by atoms with Crippen LogP contribution in [-0.4, -0.2) is 54.6 Å². The SMILES string of the molecule is O=C(Cn1c2ccccc2c(=O)c2ccccc21)NCCCN1CCNCC1. The number of amides is 1. The van der Waals surface area contributed by atoms with Crippen LogP contribution in [0.1, 0.15) is 6.42 Å². The minimum absolute atomic E-state index is 0.0129. The molecule has 28 heavy (non-hydrogen) atoms. The molecule has 2 N–H and O–H groups in total. The summed E-state index contributed by atoms with van der Waals surface area (Å²) < 4.78 is 1.94. The first-order valence-corrected chi connectivity index (χ1v) is 9.94. The molecule has 1 saturated heterocycles. The maximum absolute atomic E-state index is 12.8. The maximum atomic E-state index is 12.8. The van der Waals surface area contributed by atoms with E-state index in [1.165, 1.54) is 0 Å². The number of benzene rings is 2. The number of carbonyl (C=O) groups is 1. The van der Waals surface area contributed by atoms with E-state index < -0.39 is 0 Å². The van der Waals surface area contributed by atoms with Gasteiger partial charge in [-0.15, -0.1) is 0 Å². The third-order valence-electron chi connectivity index (χ3n) is 5.36. The molecule has 2 aromatic carbocycles. The molecule has 3 aromatic rings. The number of piperazine rings is 1. The fraction of sp³-hybridized carbons (Fsp3) is 0.364. The molecule has 6 heteroatoms. The van der Waals surface area contributed by atoms with Crippen molar-refractivity contribution in [2.75, 3.05) is 39.3 Å². The van der Waals surface area contributed by atoms with E-state index >= 15 is 0 Å². The van der Waals surface area contributed by atoms with Crippen LogP contribution in [0.5, 0.6) is 0 Å². The predicted molar refractivity (Wildman–Crippen MR) is 113 cm³/mol. The van der Waals surface area contributed by atoms with Crippen LogP contribution in [0.15, 0.2) is 53.3 Å². The number of aromatic nitrogens is 1. The molecular formula is C22H26N4O2. The van der Waals surface area contributed by atoms with Gasteiger partial charge in [-0.1, -0.05) is 24.3 Å². The van der Waals surface area contributed by atoms with Crippen molar-refractivity contribution in [2.24, 2.45) is 0 Å². The number of hydrogen-bond acceptors (Lipinski definition) is 4. The first-order valence-electron chi connectivity index (χ1n) is 9.94. The van der Waals surface area contributed by atoms with Crippen LogP contribution in [0.3, 0.4) is 0 Å². The lowest BCUT2D eigenvalue weighted by molar-refractivity contribution is -0.121. The molecule has 1 aliphatic heterocycles. The van der Waals surface area contributed by atoms with E-state index in [0.717, 1.165) is 50.2 Å². The van der Waals surface area contributed by atoms with Gasteiger partial charge in [-0.05, 0) is 37.2 Å². The third kappa shape index (κ3) is 3.93. The molecule has 1 amide bonds. The summed E-state index contributed by atoms with van der Waals surface area (Å²) in [7, 11) is 0. The van der Waals surface area contributed by atoms with E-state index in [1.807, 2.05) is 53.1 Å². The molecule has 0 unspecified atom stereocenters. The highest BCUT2D eigenvalue weighted by molar-refractivity contribution is 5.94. The number of fused-ring (bicyclic) bond motifs is 2. The summed E-state index contributed by atoms with van der Waals surface area (Å²) in [5.41, 5.74) is 1.60. The van der Waals surface area contributed by atoms with Gasteiger partial charge in [0.2, 0.25) is 5.91 Å². The Balaban J connectivity index is 1.48. The predicted octanol–water partition coefficient (Wildman–Crippen LogP) is 1.57. The molecule has 4 rings (SSSR count). The molecular weight excluding hydrogens is 352 g/mol. The smallest absolute Gasteiger partial charge is 0.239 e. The summed E-state index contributed by atoms with van der Waals surface area (Å²) >= 11 is 0. The summed E-state index contributed by atoms with van der Waals surface area (Å²) in [5, 5.41) is 7.67. The van der Waals surface area contributed by atoms with Crippen LogP contribution in [0, 0.1) is 0 Å². The molecule has 2 heterocycles. The molecule has 0 radical (unpaired) electrons. The molecule has 0 atom stereocenters. The number of pyridine rings is 1. The standard InChI is InChI=1S/C22H26N4O2/c27-21(24-10-5-13-25-14-11-23-12-15-25)16-26-19-8-3-1-6-17(19)22(28)18-7-2-4-9-20(18)26/h1-4,6-9,23H,5,10-16H2,(H,24,27). The molecule has 146 valence electrons. The van der Waals surface area contributed by atoms with Crippen LogP contribution in [-0.2, 0) is 11.3 Å². The van der Waals surface area contributed by atoms with Crippen LogP contribution in [0.2, 0.25) is 0 Å². The Bertz CT molecular complexity index is 978. The van der Waals surface area contributed by atoms with E-state index in [4.69, 9.17) is 0 Å². The van der Waals surface area contributed by atoms with Gasteiger partial charge in [-0.25, -0.2) is 0 Å². The Labute approximate surface area is 164 Å². The number of hydrogen-bond donors (Lipinski definition) is 2. The van der Waals surface area contributed by atoms with Crippen LogP contribution >= 0.6 is 0 Å². The monoisotopic (exact) mass is 378 g/mol. The number of para-hydroxylation sites is 2. The fourth-order valence-electron chi connectivity index (χ4n) is 3.91. The zero-order valence-corrected chi connectivity index (χ0v) is 16.0.